The van der Waals surface area contributed by atoms with Crippen molar-refractivity contribution >= 4 is 40.4 Å². The number of imide groups is 1. The molecule has 31 heavy (non-hydrogen) atoms. The fourth-order valence-electron chi connectivity index (χ4n) is 3.34. The van der Waals surface area contributed by atoms with Crippen LogP contribution in [-0.4, -0.2) is 104 Å². The highest BCUT2D eigenvalue weighted by molar-refractivity contribution is 8.13. The second kappa shape index (κ2) is 9.58. The van der Waals surface area contributed by atoms with Crippen LogP contribution in [0.25, 0.3) is 0 Å². The Morgan fingerprint density at radius 2 is 2.10 bits per heavy atom. The van der Waals surface area contributed by atoms with Gasteiger partial charge in [0.25, 0.3) is 5.85 Å². The molecule has 3 aliphatic rings. The lowest BCUT2D eigenvalue weighted by molar-refractivity contribution is -0.120. The Balaban J connectivity index is 1.78. The van der Waals surface area contributed by atoms with Crippen LogP contribution in [0.1, 0.15) is 26.2 Å². The maximum atomic E-state index is 12.3. The van der Waals surface area contributed by atoms with E-state index in [0.717, 1.165) is 18.2 Å². The fourth-order valence-corrected chi connectivity index (χ4v) is 3.75. The van der Waals surface area contributed by atoms with E-state index in [4.69, 9.17) is 4.74 Å². The summed E-state index contributed by atoms with van der Waals surface area (Å²) in [4.78, 5) is 38.0. The predicted molar refractivity (Wildman–Crippen MR) is 111 cm³/mol. The van der Waals surface area contributed by atoms with Gasteiger partial charge in [-0.1, -0.05) is 25.1 Å². The van der Waals surface area contributed by atoms with E-state index in [9.17, 15) is 30.0 Å². The molecule has 1 unspecified atom stereocenters. The van der Waals surface area contributed by atoms with Crippen molar-refractivity contribution in [1.82, 2.24) is 15.5 Å². The molecule has 0 radical (unpaired) electrons. The van der Waals surface area contributed by atoms with E-state index in [2.05, 4.69) is 25.6 Å². The first-order valence-corrected chi connectivity index (χ1v) is 11.0. The highest BCUT2D eigenvalue weighted by Crippen LogP contribution is 2.30. The van der Waals surface area contributed by atoms with Crippen molar-refractivity contribution in [3.8, 4) is 0 Å². The minimum absolute atomic E-state index is 0.0781. The summed E-state index contributed by atoms with van der Waals surface area (Å²) in [5.41, 5.74) is -0.112. The van der Waals surface area contributed by atoms with Crippen LogP contribution in [-0.2, 0) is 9.53 Å². The number of ether oxygens (including phenoxy) is 1. The number of aliphatic hydroxyl groups is 4. The number of aliphatic hydroxyl groups excluding tert-OH is 3. The molecule has 0 aromatic heterocycles. The van der Waals surface area contributed by atoms with Gasteiger partial charge in [-0.25, -0.2) is 9.79 Å². The number of carbonyl (C=O) groups is 2. The van der Waals surface area contributed by atoms with E-state index in [1.807, 2.05) is 6.92 Å². The topological polar surface area (TPSA) is 189 Å². The summed E-state index contributed by atoms with van der Waals surface area (Å²) in [5.74, 6) is -2.73. The lowest BCUT2D eigenvalue weighted by Gasteiger charge is -2.32. The van der Waals surface area contributed by atoms with Crippen LogP contribution in [0.3, 0.4) is 0 Å². The monoisotopic (exact) mass is 458 g/mol. The average Bonchev–Trinajstić information content (AvgIpc) is 3.27. The van der Waals surface area contributed by atoms with E-state index >= 15 is 0 Å². The van der Waals surface area contributed by atoms with Gasteiger partial charge in [0, 0.05) is 6.42 Å². The molecule has 1 fully saturated rings. The van der Waals surface area contributed by atoms with Gasteiger partial charge < -0.3 is 30.1 Å². The van der Waals surface area contributed by atoms with E-state index in [1.165, 1.54) is 4.90 Å². The van der Waals surface area contributed by atoms with Gasteiger partial charge in [0.1, 0.15) is 25.0 Å². The van der Waals surface area contributed by atoms with Crippen molar-refractivity contribution in [3.05, 3.63) is 0 Å². The number of aliphatic imine (C=N–C) groups is 3. The molecule has 3 amide bonds. The van der Waals surface area contributed by atoms with Gasteiger partial charge in [0.15, 0.2) is 22.9 Å². The summed E-state index contributed by atoms with van der Waals surface area (Å²) in [7, 11) is 0. The van der Waals surface area contributed by atoms with Crippen molar-refractivity contribution in [1.29, 1.82) is 0 Å². The number of nitrogens with zero attached hydrogens (tertiary/aromatic N) is 4. The Kier molecular flexibility index (Phi) is 7.28. The van der Waals surface area contributed by atoms with Crippen molar-refractivity contribution in [3.63, 3.8) is 0 Å². The van der Waals surface area contributed by atoms with Crippen molar-refractivity contribution in [2.24, 2.45) is 15.0 Å². The molecule has 0 spiro atoms. The molecule has 0 aliphatic carbocycles. The van der Waals surface area contributed by atoms with E-state index < -0.39 is 48.9 Å². The van der Waals surface area contributed by atoms with Gasteiger partial charge in [0.2, 0.25) is 5.91 Å². The number of nitrogens with one attached hydrogen (secondary N) is 2. The van der Waals surface area contributed by atoms with Crippen LogP contribution in [0.15, 0.2) is 15.0 Å². The third-order valence-electron chi connectivity index (χ3n) is 4.96. The molecule has 3 heterocycles. The molecule has 3 aliphatic heterocycles. The number of hydrogen-bond acceptors (Lipinski definition) is 12. The number of unbranched alkanes of at least 4 members (excludes halogenated alkanes) is 1. The molecule has 13 nitrogen and oxygen atoms in total. The fraction of sp³-hybridized carbons (Fsp3) is 0.706. The smallest absolute Gasteiger partial charge is 0.325 e. The molecule has 0 aromatic rings. The highest BCUT2D eigenvalue weighted by atomic mass is 32.2. The van der Waals surface area contributed by atoms with Crippen LogP contribution < -0.4 is 10.6 Å². The molecule has 14 heteroatoms. The second-order valence-corrected chi connectivity index (χ2v) is 7.93. The number of rotatable bonds is 6. The molecule has 0 saturated carbocycles. The summed E-state index contributed by atoms with van der Waals surface area (Å²) < 4.78 is 5.53. The molecule has 6 N–H and O–H groups in total. The zero-order chi connectivity index (χ0) is 22.8. The first-order valence-electron chi connectivity index (χ1n) is 9.75. The normalized spacial score (nSPS) is 32.2. The second-order valence-electron chi connectivity index (χ2n) is 7.16. The van der Waals surface area contributed by atoms with Crippen molar-refractivity contribution < 1.29 is 34.8 Å². The van der Waals surface area contributed by atoms with E-state index in [-0.39, 0.29) is 29.8 Å². The minimum atomic E-state index is -2.31. The SMILES string of the molecule is CCCCC(=O)NC(=O)NC1(O)N=C(SC)N=C2C1=NCN2[C@@H]1O[C@H](CO)[C@@H](O)[C@H]1O. The maximum absolute atomic E-state index is 12.3. The highest BCUT2D eigenvalue weighted by Gasteiger charge is 2.52. The molecule has 1 saturated heterocycles. The zero-order valence-corrected chi connectivity index (χ0v) is 17.9. The lowest BCUT2D eigenvalue weighted by Crippen LogP contribution is -2.61. The summed E-state index contributed by atoms with van der Waals surface area (Å²) >= 11 is 1.09. The summed E-state index contributed by atoms with van der Waals surface area (Å²) in [5, 5.41) is 45.2. The van der Waals surface area contributed by atoms with Gasteiger partial charge in [0.05, 0.1) is 6.61 Å². The Bertz CT molecular complexity index is 821. The van der Waals surface area contributed by atoms with E-state index in [1.54, 1.807) is 6.26 Å². The van der Waals surface area contributed by atoms with Crippen LogP contribution >= 0.6 is 11.8 Å². The lowest BCUT2D eigenvalue weighted by atomic mass is 10.1. The Labute approximate surface area is 182 Å². The molecule has 3 rings (SSSR count). The summed E-state index contributed by atoms with van der Waals surface area (Å²) in [6, 6.07) is -0.955. The molecule has 0 aromatic carbocycles. The molecular weight excluding hydrogens is 432 g/mol. The number of urea groups is 1. The van der Waals surface area contributed by atoms with Gasteiger partial charge in [-0.15, -0.1) is 0 Å². The average molecular weight is 458 g/mol. The van der Waals surface area contributed by atoms with Gasteiger partial charge in [-0.05, 0) is 12.7 Å². The van der Waals surface area contributed by atoms with Gasteiger partial charge in [-0.2, -0.15) is 4.99 Å². The molecular formula is C17H26N6O7S. The van der Waals surface area contributed by atoms with Crippen molar-refractivity contribution in [2.75, 3.05) is 19.5 Å². The number of hydrogen-bond donors (Lipinski definition) is 6. The van der Waals surface area contributed by atoms with Crippen LogP contribution in [0.4, 0.5) is 4.79 Å². The van der Waals surface area contributed by atoms with E-state index in [0.29, 0.717) is 6.42 Å². The third-order valence-corrected chi connectivity index (χ3v) is 5.51. The number of amides is 3. The first kappa shape index (κ1) is 23.6. The predicted octanol–water partition coefficient (Wildman–Crippen LogP) is -2.07. The zero-order valence-electron chi connectivity index (χ0n) is 17.1. The van der Waals surface area contributed by atoms with Gasteiger partial charge in [-0.3, -0.25) is 20.4 Å². The quantitative estimate of drug-likeness (QED) is 0.243. The first-order chi connectivity index (χ1) is 14.7. The number of amidine groups is 2. The standard InChI is InChI=1S/C17H26N6O7S/c1-3-4-5-9(25)19-15(28)21-17(29)12-13(20-16(22-17)31-2)23(7-18-12)14-11(27)10(26)8(6-24)30-14/h8,10-11,14,24,26-27,29H,3-7H2,1-2H3,(H2,19,21,25,28)/t8-,10-,11-,14-,17?/m1/s1. The summed E-state index contributed by atoms with van der Waals surface area (Å²) in [6.07, 6.45) is -1.57. The van der Waals surface area contributed by atoms with Crippen molar-refractivity contribution in [2.45, 2.75) is 56.6 Å². The summed E-state index contributed by atoms with van der Waals surface area (Å²) in [6.45, 7) is 1.30. The van der Waals surface area contributed by atoms with Gasteiger partial charge >= 0.3 is 6.03 Å². The number of fused-ring (bicyclic) bond motifs is 1. The third kappa shape index (κ3) is 4.73. The molecule has 5 atom stereocenters. The molecule has 0 bridgehead atoms. The Morgan fingerprint density at radius 3 is 2.71 bits per heavy atom. The van der Waals surface area contributed by atoms with Crippen LogP contribution in [0.5, 0.6) is 0 Å². The Hall–Kier alpha value is -2.10. The minimum Gasteiger partial charge on any atom is -0.394 e. The largest absolute Gasteiger partial charge is 0.394 e. The van der Waals surface area contributed by atoms with Crippen LogP contribution in [0, 0.1) is 0 Å². The Morgan fingerprint density at radius 1 is 1.35 bits per heavy atom. The molecule has 172 valence electrons. The van der Waals surface area contributed by atoms with Crippen LogP contribution in [0.2, 0.25) is 0 Å². The maximum Gasteiger partial charge on any atom is 0.325 e. The number of thioether (sulfide) groups is 1. The number of carbonyl (C=O) groups excluding carboxylic acids is 2.